The van der Waals surface area contributed by atoms with Crippen molar-refractivity contribution in [3.8, 4) is 0 Å². The Bertz CT molecular complexity index is 137. The van der Waals surface area contributed by atoms with Crippen LogP contribution in [0.5, 0.6) is 0 Å². The molecule has 78 valence electrons. The van der Waals surface area contributed by atoms with Gasteiger partial charge in [0.05, 0.1) is 6.61 Å². The van der Waals surface area contributed by atoms with Crippen molar-refractivity contribution in [3.05, 3.63) is 0 Å². The van der Waals surface area contributed by atoms with E-state index in [9.17, 15) is 4.79 Å². The molecule has 1 unspecified atom stereocenters. The van der Waals surface area contributed by atoms with Gasteiger partial charge in [0.25, 0.3) is 0 Å². The highest BCUT2D eigenvalue weighted by atomic mass is 32.2. The molecule has 0 N–H and O–H groups in total. The monoisotopic (exact) mass is 204 g/mol. The minimum absolute atomic E-state index is 0.0867. The highest BCUT2D eigenvalue weighted by molar-refractivity contribution is 7.99. The zero-order valence-electron chi connectivity index (χ0n) is 8.84. The van der Waals surface area contributed by atoms with Gasteiger partial charge in [-0.05, 0) is 19.1 Å². The largest absolute Gasteiger partial charge is 0.466 e. The Kier molecular flexibility index (Phi) is 8.30. The van der Waals surface area contributed by atoms with Gasteiger partial charge in [-0.15, -0.1) is 0 Å². The molecule has 0 aromatic heterocycles. The van der Waals surface area contributed by atoms with E-state index in [1.165, 1.54) is 12.8 Å². The highest BCUT2D eigenvalue weighted by Gasteiger charge is 2.06. The molecule has 0 fully saturated rings. The van der Waals surface area contributed by atoms with Crippen LogP contribution < -0.4 is 0 Å². The molecule has 2 nitrogen and oxygen atoms in total. The van der Waals surface area contributed by atoms with Gasteiger partial charge in [-0.2, -0.15) is 11.8 Å². The van der Waals surface area contributed by atoms with Gasteiger partial charge in [0.15, 0.2) is 0 Å². The third kappa shape index (κ3) is 6.94. The molecule has 0 spiro atoms. The first-order valence-corrected chi connectivity index (χ1v) is 6.21. The summed E-state index contributed by atoms with van der Waals surface area (Å²) in [4.78, 5) is 10.8. The van der Waals surface area contributed by atoms with Gasteiger partial charge in [-0.1, -0.05) is 20.3 Å². The third-order valence-electron chi connectivity index (χ3n) is 1.94. The second-order valence-corrected chi connectivity index (χ2v) is 4.15. The van der Waals surface area contributed by atoms with Crippen LogP contribution in [0.15, 0.2) is 0 Å². The lowest BCUT2D eigenvalue weighted by Crippen LogP contribution is -2.10. The molecule has 0 radical (unpaired) electrons. The molecule has 0 amide bonds. The molecule has 0 saturated heterocycles. The predicted molar refractivity (Wildman–Crippen MR) is 58.1 cm³/mol. The quantitative estimate of drug-likeness (QED) is 0.596. The van der Waals surface area contributed by atoms with Crippen LogP contribution in [0.2, 0.25) is 0 Å². The highest BCUT2D eigenvalue weighted by Crippen LogP contribution is 2.16. The standard InChI is InChI=1S/C10H20O2S/c1-4-6-9(13-3)7-8-12-10(11)5-2/h9H,4-8H2,1-3H3. The molecule has 0 rings (SSSR count). The lowest BCUT2D eigenvalue weighted by Gasteiger charge is -2.12. The molecule has 0 aliphatic rings. The maximum Gasteiger partial charge on any atom is 0.305 e. The van der Waals surface area contributed by atoms with E-state index in [4.69, 9.17) is 4.74 Å². The van der Waals surface area contributed by atoms with Crippen LogP contribution in [0.4, 0.5) is 0 Å². The summed E-state index contributed by atoms with van der Waals surface area (Å²) in [5, 5.41) is 0.648. The number of carbonyl (C=O) groups excluding carboxylic acids is 1. The van der Waals surface area contributed by atoms with Gasteiger partial charge in [-0.3, -0.25) is 4.79 Å². The normalized spacial score (nSPS) is 12.5. The summed E-state index contributed by atoms with van der Waals surface area (Å²) in [6, 6.07) is 0. The number of carbonyl (C=O) groups is 1. The summed E-state index contributed by atoms with van der Waals surface area (Å²) in [7, 11) is 0. The summed E-state index contributed by atoms with van der Waals surface area (Å²) >= 11 is 1.86. The predicted octanol–water partition coefficient (Wildman–Crippen LogP) is 2.86. The lowest BCUT2D eigenvalue weighted by molar-refractivity contribution is -0.143. The van der Waals surface area contributed by atoms with Gasteiger partial charge in [0.1, 0.15) is 0 Å². The van der Waals surface area contributed by atoms with E-state index in [2.05, 4.69) is 13.2 Å². The van der Waals surface area contributed by atoms with Gasteiger partial charge in [0.2, 0.25) is 0 Å². The summed E-state index contributed by atoms with van der Waals surface area (Å²) in [6.45, 7) is 4.58. The molecule has 0 aromatic carbocycles. The van der Waals surface area contributed by atoms with Crippen LogP contribution in [0, 0.1) is 0 Å². The Labute approximate surface area is 85.4 Å². The maximum atomic E-state index is 10.8. The van der Waals surface area contributed by atoms with E-state index in [0.29, 0.717) is 18.3 Å². The third-order valence-corrected chi connectivity index (χ3v) is 3.07. The smallest absolute Gasteiger partial charge is 0.305 e. The van der Waals surface area contributed by atoms with Crippen molar-refractivity contribution in [1.82, 2.24) is 0 Å². The SMILES string of the molecule is CCCC(CCOC(=O)CC)SC. The van der Waals surface area contributed by atoms with Crippen LogP contribution in [0.3, 0.4) is 0 Å². The summed E-state index contributed by atoms with van der Waals surface area (Å²) in [5.74, 6) is -0.0867. The first-order valence-electron chi connectivity index (χ1n) is 4.93. The Morgan fingerprint density at radius 1 is 1.38 bits per heavy atom. The van der Waals surface area contributed by atoms with Crippen molar-refractivity contribution in [3.63, 3.8) is 0 Å². The number of rotatable bonds is 7. The molecule has 0 aromatic rings. The molecule has 0 heterocycles. The van der Waals surface area contributed by atoms with E-state index >= 15 is 0 Å². The van der Waals surface area contributed by atoms with Crippen LogP contribution in [0.1, 0.15) is 39.5 Å². The lowest BCUT2D eigenvalue weighted by atomic mass is 10.2. The molecular weight excluding hydrogens is 184 g/mol. The Morgan fingerprint density at radius 3 is 2.54 bits per heavy atom. The summed E-state index contributed by atoms with van der Waals surface area (Å²) in [5.41, 5.74) is 0. The Morgan fingerprint density at radius 2 is 2.08 bits per heavy atom. The molecule has 0 saturated carbocycles. The minimum Gasteiger partial charge on any atom is -0.466 e. The van der Waals surface area contributed by atoms with Crippen LogP contribution in [-0.2, 0) is 9.53 Å². The molecule has 13 heavy (non-hydrogen) atoms. The second kappa shape index (κ2) is 8.42. The van der Waals surface area contributed by atoms with Gasteiger partial charge in [-0.25, -0.2) is 0 Å². The van der Waals surface area contributed by atoms with Crippen molar-refractivity contribution in [1.29, 1.82) is 0 Å². The van der Waals surface area contributed by atoms with Gasteiger partial charge >= 0.3 is 5.97 Å². The van der Waals surface area contributed by atoms with E-state index in [1.807, 2.05) is 18.7 Å². The molecule has 3 heteroatoms. The summed E-state index contributed by atoms with van der Waals surface area (Å²) < 4.78 is 5.02. The van der Waals surface area contributed by atoms with Crippen molar-refractivity contribution in [2.75, 3.05) is 12.9 Å². The van der Waals surface area contributed by atoms with E-state index < -0.39 is 0 Å². The fourth-order valence-electron chi connectivity index (χ4n) is 1.11. The van der Waals surface area contributed by atoms with Crippen molar-refractivity contribution in [2.45, 2.75) is 44.8 Å². The maximum absolute atomic E-state index is 10.8. The zero-order chi connectivity index (χ0) is 10.1. The molecule has 0 aliphatic heterocycles. The van der Waals surface area contributed by atoms with E-state index in [0.717, 1.165) is 6.42 Å². The second-order valence-electron chi connectivity index (χ2n) is 3.01. The fraction of sp³-hybridized carbons (Fsp3) is 0.900. The molecule has 0 bridgehead atoms. The molecule has 0 aliphatic carbocycles. The zero-order valence-corrected chi connectivity index (χ0v) is 9.65. The van der Waals surface area contributed by atoms with Gasteiger partial charge < -0.3 is 4.74 Å². The van der Waals surface area contributed by atoms with E-state index in [-0.39, 0.29) is 5.97 Å². The van der Waals surface area contributed by atoms with Crippen molar-refractivity contribution in [2.24, 2.45) is 0 Å². The Hall–Kier alpha value is -0.180. The topological polar surface area (TPSA) is 26.3 Å². The number of ether oxygens (including phenoxy) is 1. The van der Waals surface area contributed by atoms with Gasteiger partial charge in [0, 0.05) is 11.7 Å². The fourth-order valence-corrected chi connectivity index (χ4v) is 1.91. The molecule has 1 atom stereocenters. The molecular formula is C10H20O2S. The average molecular weight is 204 g/mol. The van der Waals surface area contributed by atoms with E-state index in [1.54, 1.807) is 0 Å². The van der Waals surface area contributed by atoms with Crippen LogP contribution >= 0.6 is 11.8 Å². The number of thioether (sulfide) groups is 1. The van der Waals surface area contributed by atoms with Crippen molar-refractivity contribution >= 4 is 17.7 Å². The first-order chi connectivity index (χ1) is 6.24. The minimum atomic E-state index is -0.0867. The Balaban J connectivity index is 3.42. The number of hydrogen-bond acceptors (Lipinski definition) is 3. The average Bonchev–Trinajstić information content (AvgIpc) is 2.16. The number of hydrogen-bond donors (Lipinski definition) is 0. The van der Waals surface area contributed by atoms with Crippen LogP contribution in [-0.4, -0.2) is 24.1 Å². The first kappa shape index (κ1) is 12.8. The summed E-state index contributed by atoms with van der Waals surface area (Å²) in [6.07, 6.45) is 6.00. The van der Waals surface area contributed by atoms with Crippen molar-refractivity contribution < 1.29 is 9.53 Å². The van der Waals surface area contributed by atoms with Crippen LogP contribution in [0.25, 0.3) is 0 Å². The number of esters is 1.